The molecule has 14 heteroatoms. The minimum atomic E-state index is -1.44. The first kappa shape index (κ1) is 21.1. The molecule has 2 aromatic carbocycles. The lowest BCUT2D eigenvalue weighted by Gasteiger charge is -2.05. The minimum absolute atomic E-state index is 0.362. The number of nitrogens with zero attached hydrogens (tertiary/aromatic N) is 2. The van der Waals surface area contributed by atoms with E-state index in [1.807, 2.05) is 0 Å². The molecule has 2 rings (SSSR count). The van der Waals surface area contributed by atoms with Crippen molar-refractivity contribution in [3.05, 3.63) is 62.5 Å². The van der Waals surface area contributed by atoms with E-state index in [4.69, 9.17) is 15.6 Å². The molecule has 0 radical (unpaired) electrons. The van der Waals surface area contributed by atoms with Crippen LogP contribution in [0.2, 0.25) is 0 Å². The third-order valence-corrected chi connectivity index (χ3v) is 5.55. The second-order valence-corrected chi connectivity index (χ2v) is 7.08. The summed E-state index contributed by atoms with van der Waals surface area (Å²) in [5, 5.41) is 37.0. The molecule has 0 unspecified atom stereocenters. The van der Waals surface area contributed by atoms with Crippen molar-refractivity contribution in [2.45, 2.75) is 9.79 Å². The van der Waals surface area contributed by atoms with Gasteiger partial charge in [0.25, 0.3) is 10.6 Å². The van der Waals surface area contributed by atoms with Crippen molar-refractivity contribution in [1.29, 1.82) is 0 Å². The standard InChI is InChI=1S/C14H8N2O10S2/c17-13(18)9-5-7(2-4-12(9)16(22)26-24)27-28-8-1-3-11(15(20)21)10(6-8)14(19)25-23/h1-6H,(H2-,17,18,23,24)/p+1. The molecule has 0 bridgehead atoms. The third kappa shape index (κ3) is 4.74. The minimum Gasteiger partial charge on any atom is -0.477 e. The fourth-order valence-corrected chi connectivity index (χ4v) is 3.95. The lowest BCUT2D eigenvalue weighted by atomic mass is 10.2. The number of nitro benzene ring substituents is 1. The zero-order valence-corrected chi connectivity index (χ0v) is 15.0. The van der Waals surface area contributed by atoms with Gasteiger partial charge in [-0.15, -0.1) is 5.26 Å². The Kier molecular flexibility index (Phi) is 6.89. The van der Waals surface area contributed by atoms with Crippen LogP contribution in [0.1, 0.15) is 20.7 Å². The summed E-state index contributed by atoms with van der Waals surface area (Å²) in [5.74, 6) is -2.75. The summed E-state index contributed by atoms with van der Waals surface area (Å²) >= 11 is 0. The molecule has 2 aromatic rings. The highest BCUT2D eigenvalue weighted by atomic mass is 33.1. The van der Waals surface area contributed by atoms with Gasteiger partial charge in [0.2, 0.25) is 0 Å². The Labute approximate surface area is 162 Å². The van der Waals surface area contributed by atoms with Crippen LogP contribution in [-0.4, -0.2) is 37.4 Å². The number of nitro groups is 1. The molecular formula is C14H9N2O10S2+. The molecule has 146 valence electrons. The maximum absolute atomic E-state index is 11.5. The normalized spacial score (nSPS) is 10.2. The Balaban J connectivity index is 2.27. The fourth-order valence-electron chi connectivity index (χ4n) is 1.98. The van der Waals surface area contributed by atoms with Gasteiger partial charge in [0, 0.05) is 21.9 Å². The van der Waals surface area contributed by atoms with Crippen molar-refractivity contribution >= 4 is 44.9 Å². The molecule has 0 aliphatic heterocycles. The van der Waals surface area contributed by atoms with Gasteiger partial charge < -0.3 is 5.11 Å². The number of hydrogen-bond acceptors (Lipinski definition) is 11. The lowest BCUT2D eigenvalue weighted by molar-refractivity contribution is -0.835. The van der Waals surface area contributed by atoms with Crippen LogP contribution in [0.25, 0.3) is 0 Å². The van der Waals surface area contributed by atoms with Gasteiger partial charge in [-0.1, -0.05) is 21.6 Å². The molecule has 0 aliphatic carbocycles. The first-order valence-electron chi connectivity index (χ1n) is 6.93. The van der Waals surface area contributed by atoms with Gasteiger partial charge in [0.15, 0.2) is 0 Å². The number of carboxylic acids is 1. The van der Waals surface area contributed by atoms with Crippen LogP contribution in [-0.2, 0) is 9.88 Å². The summed E-state index contributed by atoms with van der Waals surface area (Å²) in [5.41, 5.74) is -1.91. The molecule has 0 aromatic heterocycles. The highest BCUT2D eigenvalue weighted by Crippen LogP contribution is 2.40. The van der Waals surface area contributed by atoms with Crippen LogP contribution in [0.15, 0.2) is 46.2 Å². The predicted molar refractivity (Wildman–Crippen MR) is 93.3 cm³/mol. The van der Waals surface area contributed by atoms with Gasteiger partial charge in [-0.25, -0.2) is 9.59 Å². The molecule has 0 heterocycles. The summed E-state index contributed by atoms with van der Waals surface area (Å²) in [7, 11) is 2.04. The molecular weight excluding hydrogens is 420 g/mol. The quantitative estimate of drug-likeness (QED) is 0.241. The van der Waals surface area contributed by atoms with E-state index >= 15 is 0 Å². The number of benzene rings is 2. The number of hydrogen-bond donors (Lipinski definition) is 3. The second kappa shape index (κ2) is 9.14. The van der Waals surface area contributed by atoms with Crippen LogP contribution in [0, 0.1) is 15.0 Å². The summed E-state index contributed by atoms with van der Waals surface area (Å²) in [6.45, 7) is 0. The van der Waals surface area contributed by atoms with E-state index in [1.165, 1.54) is 12.1 Å². The number of carboxylic acid groups (broad SMARTS) is 1. The molecule has 12 nitrogen and oxygen atoms in total. The lowest BCUT2D eigenvalue weighted by Crippen LogP contribution is -2.06. The first-order valence-corrected chi connectivity index (χ1v) is 9.08. The number of carbonyl (C=O) groups is 2. The average Bonchev–Trinajstić information content (AvgIpc) is 2.70. The van der Waals surface area contributed by atoms with E-state index in [0.717, 1.165) is 45.9 Å². The van der Waals surface area contributed by atoms with Gasteiger partial charge in [0.05, 0.1) is 9.83 Å². The second-order valence-electron chi connectivity index (χ2n) is 4.80. The number of aromatic carboxylic acids is 1. The molecule has 3 N–H and O–H groups in total. The molecule has 0 fully saturated rings. The van der Waals surface area contributed by atoms with Gasteiger partial charge in [-0.05, 0) is 29.3 Å². The molecule has 0 aliphatic rings. The van der Waals surface area contributed by atoms with Crippen LogP contribution in [0.4, 0.5) is 11.4 Å². The van der Waals surface area contributed by atoms with Gasteiger partial charge in [-0.2, -0.15) is 5.26 Å². The van der Waals surface area contributed by atoms with Crippen LogP contribution >= 0.6 is 21.6 Å². The molecule has 28 heavy (non-hydrogen) atoms. The first-order chi connectivity index (χ1) is 13.3. The molecule has 0 saturated carbocycles. The largest absolute Gasteiger partial charge is 0.477 e. The van der Waals surface area contributed by atoms with Gasteiger partial charge in [-0.3, -0.25) is 15.0 Å². The number of carbonyl (C=O) groups excluding carboxylic acids is 1. The van der Waals surface area contributed by atoms with E-state index in [9.17, 15) is 24.6 Å². The maximum atomic E-state index is 11.5. The van der Waals surface area contributed by atoms with E-state index in [0.29, 0.717) is 9.79 Å². The molecule has 0 atom stereocenters. The van der Waals surface area contributed by atoms with Crippen molar-refractivity contribution in [3.8, 4) is 0 Å². The Morgan fingerprint density at radius 3 is 1.93 bits per heavy atom. The Bertz CT molecular complexity index is 965. The van der Waals surface area contributed by atoms with Crippen molar-refractivity contribution < 1.29 is 44.9 Å². The predicted octanol–water partition coefficient (Wildman–Crippen LogP) is 3.54. The zero-order valence-electron chi connectivity index (χ0n) is 13.4. The molecule has 0 spiro atoms. The summed E-state index contributed by atoms with van der Waals surface area (Å²) < 4.78 is 0. The summed E-state index contributed by atoms with van der Waals surface area (Å²) in [6.07, 6.45) is 0. The number of rotatable bonds is 8. The Morgan fingerprint density at radius 2 is 1.46 bits per heavy atom. The molecule has 0 saturated heterocycles. The summed E-state index contributed by atoms with van der Waals surface area (Å²) in [4.78, 5) is 51.5. The van der Waals surface area contributed by atoms with Crippen molar-refractivity contribution in [3.63, 3.8) is 0 Å². The van der Waals surface area contributed by atoms with Crippen molar-refractivity contribution in [1.82, 2.24) is 0 Å². The van der Waals surface area contributed by atoms with E-state index < -0.39 is 39.4 Å². The van der Waals surface area contributed by atoms with Crippen molar-refractivity contribution in [2.24, 2.45) is 0 Å². The van der Waals surface area contributed by atoms with Crippen molar-refractivity contribution in [2.75, 3.05) is 0 Å². The smallest absolute Gasteiger partial charge is 0.379 e. The monoisotopic (exact) mass is 429 g/mol. The maximum Gasteiger partial charge on any atom is 0.379 e. The van der Waals surface area contributed by atoms with Crippen LogP contribution in [0.3, 0.4) is 0 Å². The Hall–Kier alpha value is -3.20. The van der Waals surface area contributed by atoms with E-state index in [-0.39, 0.29) is 4.92 Å². The van der Waals surface area contributed by atoms with Gasteiger partial charge >= 0.3 is 17.6 Å². The average molecular weight is 429 g/mol. The Morgan fingerprint density at radius 1 is 0.929 bits per heavy atom. The van der Waals surface area contributed by atoms with Crippen LogP contribution < -0.4 is 0 Å². The van der Waals surface area contributed by atoms with Gasteiger partial charge in [0.1, 0.15) is 11.1 Å². The highest BCUT2D eigenvalue weighted by Gasteiger charge is 2.27. The topological polar surface area (TPSA) is 177 Å². The molecule has 0 amide bonds. The van der Waals surface area contributed by atoms with Crippen LogP contribution in [0.5, 0.6) is 0 Å². The fraction of sp³-hybridized carbons (Fsp3) is 0. The third-order valence-electron chi connectivity index (χ3n) is 3.17. The van der Waals surface area contributed by atoms with E-state index in [2.05, 4.69) is 9.88 Å². The SMILES string of the molecule is O=C(OO)c1cc(SSc2ccc([N+](=O)OO)c(C(=O)O)c2)ccc1[N+](=O)[O-]. The van der Waals surface area contributed by atoms with E-state index in [1.54, 1.807) is 0 Å². The zero-order chi connectivity index (χ0) is 20.8. The highest BCUT2D eigenvalue weighted by molar-refractivity contribution is 8.76. The summed E-state index contributed by atoms with van der Waals surface area (Å²) in [6, 6.07) is 7.15.